The van der Waals surface area contributed by atoms with Gasteiger partial charge in [0.2, 0.25) is 6.10 Å². The van der Waals surface area contributed by atoms with Crippen molar-refractivity contribution in [3.63, 3.8) is 0 Å². The van der Waals surface area contributed by atoms with E-state index in [1.54, 1.807) is 0 Å². The molecule has 0 aliphatic carbocycles. The fourth-order valence-corrected chi connectivity index (χ4v) is 2.64. The maximum atomic E-state index is 12.4. The van der Waals surface area contributed by atoms with Gasteiger partial charge in [0.15, 0.2) is 11.5 Å². The monoisotopic (exact) mass is 305 g/mol. The SMILES string of the molecule is CC(C)CCCC(C)NC(=O)C1Oc2ccccc2OC1C. The van der Waals surface area contributed by atoms with Crippen LogP contribution in [0.3, 0.4) is 0 Å². The van der Waals surface area contributed by atoms with Crippen molar-refractivity contribution < 1.29 is 14.3 Å². The van der Waals surface area contributed by atoms with Gasteiger partial charge in [0, 0.05) is 6.04 Å². The van der Waals surface area contributed by atoms with Gasteiger partial charge >= 0.3 is 0 Å². The molecule has 0 spiro atoms. The van der Waals surface area contributed by atoms with Crippen LogP contribution in [0.5, 0.6) is 11.5 Å². The maximum absolute atomic E-state index is 12.4. The predicted octanol–water partition coefficient (Wildman–Crippen LogP) is 3.55. The van der Waals surface area contributed by atoms with Gasteiger partial charge in [-0.15, -0.1) is 0 Å². The number of carbonyl (C=O) groups excluding carboxylic acids is 1. The highest BCUT2D eigenvalue weighted by molar-refractivity contribution is 5.82. The quantitative estimate of drug-likeness (QED) is 0.874. The number of ether oxygens (including phenoxy) is 2. The van der Waals surface area contributed by atoms with Crippen molar-refractivity contribution in [1.82, 2.24) is 5.32 Å². The summed E-state index contributed by atoms with van der Waals surface area (Å²) in [5.74, 6) is 1.94. The highest BCUT2D eigenvalue weighted by atomic mass is 16.6. The van der Waals surface area contributed by atoms with E-state index in [-0.39, 0.29) is 18.1 Å². The first-order valence-corrected chi connectivity index (χ1v) is 8.20. The van der Waals surface area contributed by atoms with E-state index in [2.05, 4.69) is 19.2 Å². The molecule has 0 radical (unpaired) electrons. The lowest BCUT2D eigenvalue weighted by Crippen LogP contribution is -2.51. The van der Waals surface area contributed by atoms with Gasteiger partial charge in [-0.05, 0) is 38.3 Å². The minimum atomic E-state index is -0.595. The summed E-state index contributed by atoms with van der Waals surface area (Å²) < 4.78 is 11.6. The third kappa shape index (κ3) is 4.39. The second-order valence-corrected chi connectivity index (χ2v) is 6.54. The molecule has 4 nitrogen and oxygen atoms in total. The lowest BCUT2D eigenvalue weighted by atomic mass is 10.0. The zero-order chi connectivity index (χ0) is 16.1. The molecule has 0 bridgehead atoms. The van der Waals surface area contributed by atoms with Crippen LogP contribution in [0.2, 0.25) is 0 Å². The van der Waals surface area contributed by atoms with Crippen molar-refractivity contribution in [2.24, 2.45) is 5.92 Å². The van der Waals surface area contributed by atoms with Gasteiger partial charge in [0.25, 0.3) is 5.91 Å². The van der Waals surface area contributed by atoms with E-state index >= 15 is 0 Å². The summed E-state index contributed by atoms with van der Waals surface area (Å²) in [4.78, 5) is 12.4. The number of carbonyl (C=O) groups is 1. The summed E-state index contributed by atoms with van der Waals surface area (Å²) in [7, 11) is 0. The van der Waals surface area contributed by atoms with Crippen LogP contribution < -0.4 is 14.8 Å². The number of hydrogen-bond donors (Lipinski definition) is 1. The normalized spacial score (nSPS) is 21.5. The molecule has 1 aromatic carbocycles. The number of rotatable bonds is 6. The fraction of sp³-hybridized carbons (Fsp3) is 0.611. The molecule has 1 aliphatic heterocycles. The minimum Gasteiger partial charge on any atom is -0.482 e. The molecule has 4 heteroatoms. The van der Waals surface area contributed by atoms with Gasteiger partial charge in [-0.3, -0.25) is 4.79 Å². The maximum Gasteiger partial charge on any atom is 0.265 e. The Morgan fingerprint density at radius 1 is 1.14 bits per heavy atom. The number of amides is 1. The van der Waals surface area contributed by atoms with Gasteiger partial charge in [-0.25, -0.2) is 0 Å². The van der Waals surface area contributed by atoms with Crippen molar-refractivity contribution in [3.8, 4) is 11.5 Å². The first kappa shape index (κ1) is 16.7. The van der Waals surface area contributed by atoms with E-state index in [1.807, 2.05) is 38.1 Å². The molecule has 0 aromatic heterocycles. The van der Waals surface area contributed by atoms with Crippen LogP contribution in [0.4, 0.5) is 0 Å². The molecule has 1 aromatic rings. The van der Waals surface area contributed by atoms with E-state index in [4.69, 9.17) is 9.47 Å². The first-order valence-electron chi connectivity index (χ1n) is 8.20. The third-order valence-electron chi connectivity index (χ3n) is 3.91. The second-order valence-electron chi connectivity index (χ2n) is 6.54. The Labute approximate surface area is 133 Å². The van der Waals surface area contributed by atoms with E-state index in [0.29, 0.717) is 17.4 Å². The Kier molecular flexibility index (Phi) is 5.69. The molecular weight excluding hydrogens is 278 g/mol. The van der Waals surface area contributed by atoms with Crippen molar-refractivity contribution >= 4 is 5.91 Å². The molecule has 2 rings (SSSR count). The van der Waals surface area contributed by atoms with Crippen molar-refractivity contribution in [3.05, 3.63) is 24.3 Å². The van der Waals surface area contributed by atoms with Crippen LogP contribution in [0.25, 0.3) is 0 Å². The van der Waals surface area contributed by atoms with Crippen molar-refractivity contribution in [1.29, 1.82) is 0 Å². The number of benzene rings is 1. The van der Waals surface area contributed by atoms with Crippen LogP contribution in [0.1, 0.15) is 47.0 Å². The van der Waals surface area contributed by atoms with E-state index in [9.17, 15) is 4.79 Å². The topological polar surface area (TPSA) is 47.6 Å². The Bertz CT molecular complexity index is 501. The summed E-state index contributed by atoms with van der Waals surface area (Å²) in [5.41, 5.74) is 0. The third-order valence-corrected chi connectivity index (χ3v) is 3.91. The summed E-state index contributed by atoms with van der Waals surface area (Å²) in [6, 6.07) is 7.61. The number of fused-ring (bicyclic) bond motifs is 1. The largest absolute Gasteiger partial charge is 0.482 e. The molecule has 1 amide bonds. The number of para-hydroxylation sites is 2. The Hall–Kier alpha value is -1.71. The lowest BCUT2D eigenvalue weighted by molar-refractivity contribution is -0.134. The molecule has 3 unspecified atom stereocenters. The molecule has 0 saturated carbocycles. The van der Waals surface area contributed by atoms with Gasteiger partial charge < -0.3 is 14.8 Å². The summed E-state index contributed by atoms with van der Waals surface area (Å²) in [6.45, 7) is 8.34. The van der Waals surface area contributed by atoms with Crippen LogP contribution in [-0.2, 0) is 4.79 Å². The zero-order valence-electron chi connectivity index (χ0n) is 14.0. The van der Waals surface area contributed by atoms with Crippen molar-refractivity contribution in [2.75, 3.05) is 0 Å². The Morgan fingerprint density at radius 3 is 2.41 bits per heavy atom. The Balaban J connectivity index is 1.87. The van der Waals surface area contributed by atoms with Crippen LogP contribution in [0, 0.1) is 5.92 Å². The smallest absolute Gasteiger partial charge is 0.265 e. The van der Waals surface area contributed by atoms with Gasteiger partial charge in [-0.1, -0.05) is 38.8 Å². The second kappa shape index (κ2) is 7.52. The molecule has 22 heavy (non-hydrogen) atoms. The Morgan fingerprint density at radius 2 is 1.77 bits per heavy atom. The van der Waals surface area contributed by atoms with Crippen LogP contribution >= 0.6 is 0 Å². The van der Waals surface area contributed by atoms with Crippen LogP contribution in [0.15, 0.2) is 24.3 Å². The van der Waals surface area contributed by atoms with E-state index in [0.717, 1.165) is 12.8 Å². The predicted molar refractivity (Wildman–Crippen MR) is 87.2 cm³/mol. The molecule has 1 heterocycles. The van der Waals surface area contributed by atoms with Gasteiger partial charge in [0.05, 0.1) is 0 Å². The molecule has 1 aliphatic rings. The average molecular weight is 305 g/mol. The lowest BCUT2D eigenvalue weighted by Gasteiger charge is -2.31. The van der Waals surface area contributed by atoms with Crippen LogP contribution in [-0.4, -0.2) is 24.2 Å². The van der Waals surface area contributed by atoms with E-state index < -0.39 is 6.10 Å². The minimum absolute atomic E-state index is 0.0981. The fourth-order valence-electron chi connectivity index (χ4n) is 2.64. The van der Waals surface area contributed by atoms with Gasteiger partial charge in [0.1, 0.15) is 6.10 Å². The first-order chi connectivity index (χ1) is 10.5. The molecule has 1 N–H and O–H groups in total. The summed E-state index contributed by atoms with van der Waals surface area (Å²) in [5, 5.41) is 3.04. The van der Waals surface area contributed by atoms with Crippen molar-refractivity contribution in [2.45, 2.75) is 65.2 Å². The number of hydrogen-bond acceptors (Lipinski definition) is 3. The average Bonchev–Trinajstić information content (AvgIpc) is 2.45. The molecule has 0 fully saturated rings. The highest BCUT2D eigenvalue weighted by Crippen LogP contribution is 2.33. The molecule has 0 saturated heterocycles. The summed E-state index contributed by atoms with van der Waals surface area (Å²) in [6.07, 6.45) is 2.41. The molecular formula is C18H27NO3. The van der Waals surface area contributed by atoms with E-state index in [1.165, 1.54) is 6.42 Å². The zero-order valence-corrected chi connectivity index (χ0v) is 14.0. The molecule has 122 valence electrons. The van der Waals surface area contributed by atoms with Gasteiger partial charge in [-0.2, -0.15) is 0 Å². The standard InChI is InChI=1S/C18H27NO3/c1-12(2)8-7-9-13(3)19-18(20)17-14(4)21-15-10-5-6-11-16(15)22-17/h5-6,10-14,17H,7-9H2,1-4H3,(H,19,20). The number of nitrogens with one attached hydrogen (secondary N) is 1. The highest BCUT2D eigenvalue weighted by Gasteiger charge is 2.34. The molecule has 3 atom stereocenters. The summed E-state index contributed by atoms with van der Waals surface area (Å²) >= 11 is 0.